The number of ether oxygens (including phenoxy) is 2. The maximum atomic E-state index is 11.3. The summed E-state index contributed by atoms with van der Waals surface area (Å²) in [5.74, 6) is 6.32. The fraction of sp³-hybridized carbons (Fsp3) is 0.545. The lowest BCUT2D eigenvalue weighted by atomic mass is 10.3. The van der Waals surface area contributed by atoms with Crippen molar-refractivity contribution >= 4 is 17.6 Å². The van der Waals surface area contributed by atoms with E-state index in [1.165, 1.54) is 7.11 Å². The summed E-state index contributed by atoms with van der Waals surface area (Å²) < 4.78 is 9.86. The predicted octanol–water partition coefficient (Wildman–Crippen LogP) is 0.272. The number of hydrogen-bond acceptors (Lipinski definition) is 8. The van der Waals surface area contributed by atoms with Crippen LogP contribution in [-0.2, 0) is 20.9 Å². The highest BCUT2D eigenvalue weighted by Crippen LogP contribution is 2.12. The molecule has 8 nitrogen and oxygen atoms in total. The van der Waals surface area contributed by atoms with Gasteiger partial charge in [0.25, 0.3) is 0 Å². The number of nitrogens with two attached hydrogens (primary N) is 1. The molecule has 0 amide bonds. The first kappa shape index (κ1) is 15.1. The van der Waals surface area contributed by atoms with Gasteiger partial charge in [-0.05, 0) is 13.8 Å². The number of rotatable bonds is 7. The molecule has 0 bridgehead atoms. The second-order valence-corrected chi connectivity index (χ2v) is 3.73. The van der Waals surface area contributed by atoms with Gasteiger partial charge in [-0.3, -0.25) is 0 Å². The number of anilines is 2. The number of carbonyl (C=O) groups excluding carboxylic acids is 1. The summed E-state index contributed by atoms with van der Waals surface area (Å²) in [6.45, 7) is 4.38. The third kappa shape index (κ3) is 4.68. The van der Waals surface area contributed by atoms with Crippen LogP contribution in [0, 0.1) is 0 Å². The summed E-state index contributed by atoms with van der Waals surface area (Å²) in [6.07, 6.45) is 0. The average molecular weight is 269 g/mol. The van der Waals surface area contributed by atoms with Gasteiger partial charge in [-0.1, -0.05) is 0 Å². The molecule has 0 aromatic carbocycles. The number of methoxy groups -OCH3 is 1. The molecule has 1 unspecified atom stereocenters. The van der Waals surface area contributed by atoms with Gasteiger partial charge in [0.05, 0.1) is 7.11 Å². The normalized spacial score (nSPS) is 11.8. The van der Waals surface area contributed by atoms with E-state index in [-0.39, 0.29) is 12.6 Å². The third-order valence-electron chi connectivity index (χ3n) is 2.27. The van der Waals surface area contributed by atoms with Gasteiger partial charge in [-0.15, -0.1) is 0 Å². The van der Waals surface area contributed by atoms with Crippen LogP contribution in [0.5, 0.6) is 0 Å². The number of nitrogens with one attached hydrogen (secondary N) is 2. The van der Waals surface area contributed by atoms with E-state index >= 15 is 0 Å². The SMILES string of the molecule is CCOCc1nc(NN)cc(NC(C)C(=O)OC)n1. The first-order valence-electron chi connectivity index (χ1n) is 5.87. The predicted molar refractivity (Wildman–Crippen MR) is 70.3 cm³/mol. The number of nitrogens with zero attached hydrogens (tertiary/aromatic N) is 2. The van der Waals surface area contributed by atoms with Crippen molar-refractivity contribution < 1.29 is 14.3 Å². The molecular weight excluding hydrogens is 250 g/mol. The minimum absolute atomic E-state index is 0.271. The molecule has 19 heavy (non-hydrogen) atoms. The van der Waals surface area contributed by atoms with E-state index in [0.29, 0.717) is 24.1 Å². The Labute approximate surface area is 111 Å². The van der Waals surface area contributed by atoms with Gasteiger partial charge in [-0.25, -0.2) is 20.6 Å². The van der Waals surface area contributed by atoms with Crippen LogP contribution in [0.2, 0.25) is 0 Å². The zero-order valence-corrected chi connectivity index (χ0v) is 11.3. The summed E-state index contributed by atoms with van der Waals surface area (Å²) in [5, 5.41) is 2.91. The fourth-order valence-electron chi connectivity index (χ4n) is 1.36. The minimum atomic E-state index is -0.523. The van der Waals surface area contributed by atoms with Crippen molar-refractivity contribution in [3.05, 3.63) is 11.9 Å². The molecule has 8 heteroatoms. The summed E-state index contributed by atoms with van der Waals surface area (Å²) in [6, 6.07) is 1.07. The second-order valence-electron chi connectivity index (χ2n) is 3.73. The van der Waals surface area contributed by atoms with E-state index in [1.54, 1.807) is 13.0 Å². The van der Waals surface area contributed by atoms with Crippen LogP contribution in [0.25, 0.3) is 0 Å². The van der Waals surface area contributed by atoms with E-state index in [4.69, 9.17) is 10.6 Å². The molecule has 0 saturated heterocycles. The Morgan fingerprint density at radius 1 is 1.47 bits per heavy atom. The Bertz CT molecular complexity index is 427. The molecule has 0 saturated carbocycles. The molecule has 106 valence electrons. The Morgan fingerprint density at radius 2 is 2.16 bits per heavy atom. The van der Waals surface area contributed by atoms with E-state index < -0.39 is 6.04 Å². The molecule has 0 aliphatic heterocycles. The molecule has 1 aromatic rings. The van der Waals surface area contributed by atoms with Gasteiger partial charge in [0, 0.05) is 12.7 Å². The van der Waals surface area contributed by atoms with Gasteiger partial charge in [-0.2, -0.15) is 0 Å². The molecular formula is C11H19N5O3. The average Bonchev–Trinajstić information content (AvgIpc) is 2.43. The highest BCUT2D eigenvalue weighted by molar-refractivity contribution is 5.78. The number of esters is 1. The molecule has 0 aliphatic rings. The third-order valence-corrected chi connectivity index (χ3v) is 2.27. The van der Waals surface area contributed by atoms with E-state index in [0.717, 1.165) is 0 Å². The molecule has 0 spiro atoms. The zero-order valence-electron chi connectivity index (χ0n) is 11.3. The Balaban J connectivity index is 2.84. The number of hydrogen-bond donors (Lipinski definition) is 3. The van der Waals surface area contributed by atoms with Crippen molar-refractivity contribution in [2.45, 2.75) is 26.5 Å². The van der Waals surface area contributed by atoms with Gasteiger partial charge in [0.2, 0.25) is 0 Å². The van der Waals surface area contributed by atoms with Crippen LogP contribution >= 0.6 is 0 Å². The fourth-order valence-corrected chi connectivity index (χ4v) is 1.36. The Morgan fingerprint density at radius 3 is 2.74 bits per heavy atom. The van der Waals surface area contributed by atoms with Crippen molar-refractivity contribution in [3.63, 3.8) is 0 Å². The highest BCUT2D eigenvalue weighted by atomic mass is 16.5. The first-order chi connectivity index (χ1) is 9.10. The molecule has 1 aromatic heterocycles. The maximum Gasteiger partial charge on any atom is 0.328 e. The molecule has 0 radical (unpaired) electrons. The summed E-state index contributed by atoms with van der Waals surface area (Å²) >= 11 is 0. The monoisotopic (exact) mass is 269 g/mol. The van der Waals surface area contributed by atoms with Crippen molar-refractivity contribution in [1.82, 2.24) is 9.97 Å². The molecule has 0 aliphatic carbocycles. The van der Waals surface area contributed by atoms with E-state index in [9.17, 15) is 4.79 Å². The van der Waals surface area contributed by atoms with Gasteiger partial charge >= 0.3 is 5.97 Å². The molecule has 1 atom stereocenters. The summed E-state index contributed by atoms with van der Waals surface area (Å²) in [5.41, 5.74) is 2.44. The lowest BCUT2D eigenvalue weighted by Crippen LogP contribution is -2.28. The smallest absolute Gasteiger partial charge is 0.328 e. The van der Waals surface area contributed by atoms with Crippen LogP contribution in [-0.4, -0.2) is 35.7 Å². The number of hydrazine groups is 1. The molecule has 4 N–H and O–H groups in total. The van der Waals surface area contributed by atoms with Crippen LogP contribution in [0.4, 0.5) is 11.6 Å². The highest BCUT2D eigenvalue weighted by Gasteiger charge is 2.14. The molecule has 1 rings (SSSR count). The molecule has 1 heterocycles. The number of aromatic nitrogens is 2. The van der Waals surface area contributed by atoms with Crippen molar-refractivity contribution in [3.8, 4) is 0 Å². The summed E-state index contributed by atoms with van der Waals surface area (Å²) in [4.78, 5) is 19.7. The van der Waals surface area contributed by atoms with E-state index in [2.05, 4.69) is 25.4 Å². The Kier molecular flexibility index (Phi) is 5.97. The van der Waals surface area contributed by atoms with Crippen molar-refractivity contribution in [1.29, 1.82) is 0 Å². The maximum absolute atomic E-state index is 11.3. The minimum Gasteiger partial charge on any atom is -0.467 e. The molecule has 0 fully saturated rings. The van der Waals surface area contributed by atoms with Crippen LogP contribution in [0.1, 0.15) is 19.7 Å². The second kappa shape index (κ2) is 7.49. The lowest BCUT2D eigenvalue weighted by molar-refractivity contribution is -0.141. The van der Waals surface area contributed by atoms with Crippen LogP contribution in [0.15, 0.2) is 6.07 Å². The largest absolute Gasteiger partial charge is 0.467 e. The zero-order chi connectivity index (χ0) is 14.3. The number of nitrogen functional groups attached to an aromatic ring is 1. The van der Waals surface area contributed by atoms with Crippen LogP contribution < -0.4 is 16.6 Å². The lowest BCUT2D eigenvalue weighted by Gasteiger charge is -2.13. The van der Waals surface area contributed by atoms with Gasteiger partial charge in [0.15, 0.2) is 5.82 Å². The van der Waals surface area contributed by atoms with Crippen molar-refractivity contribution in [2.24, 2.45) is 5.84 Å². The Hall–Kier alpha value is -1.93. The number of carbonyl (C=O) groups is 1. The topological polar surface area (TPSA) is 111 Å². The van der Waals surface area contributed by atoms with Crippen LogP contribution in [0.3, 0.4) is 0 Å². The van der Waals surface area contributed by atoms with Gasteiger partial charge in [0.1, 0.15) is 24.3 Å². The van der Waals surface area contributed by atoms with Gasteiger partial charge < -0.3 is 20.2 Å². The standard InChI is InChI=1S/C11H19N5O3/c1-4-19-6-10-14-8(5-9(15-10)16-12)13-7(2)11(17)18-3/h5,7H,4,6,12H2,1-3H3,(H2,13,14,15,16). The quantitative estimate of drug-likeness (QED) is 0.367. The summed E-state index contributed by atoms with van der Waals surface area (Å²) in [7, 11) is 1.33. The first-order valence-corrected chi connectivity index (χ1v) is 5.87. The van der Waals surface area contributed by atoms with Crippen molar-refractivity contribution in [2.75, 3.05) is 24.5 Å². The van der Waals surface area contributed by atoms with E-state index in [1.807, 2.05) is 6.92 Å².